The minimum absolute atomic E-state index is 0.0780. The number of amides is 1. The third kappa shape index (κ3) is 4.39. The van der Waals surface area contributed by atoms with Crippen LogP contribution in [0.3, 0.4) is 0 Å². The lowest BCUT2D eigenvalue weighted by Gasteiger charge is -2.13. The monoisotopic (exact) mass is 475 g/mol. The number of halogens is 2. The molecule has 0 saturated carbocycles. The van der Waals surface area contributed by atoms with Crippen molar-refractivity contribution in [1.29, 1.82) is 0 Å². The Morgan fingerprint density at radius 3 is 2.77 bits per heavy atom. The van der Waals surface area contributed by atoms with Gasteiger partial charge in [0.1, 0.15) is 4.70 Å². The van der Waals surface area contributed by atoms with Gasteiger partial charge in [-0.3, -0.25) is 14.2 Å². The molecule has 4 rings (SSSR count). The fourth-order valence-electron chi connectivity index (χ4n) is 2.88. The number of aromatic nitrogens is 2. The number of hydrogen-bond donors (Lipinski definition) is 1. The van der Waals surface area contributed by atoms with Crippen molar-refractivity contribution < 1.29 is 4.79 Å². The van der Waals surface area contributed by atoms with E-state index in [2.05, 4.69) is 10.3 Å². The highest BCUT2D eigenvalue weighted by molar-refractivity contribution is 7.99. The normalized spacial score (nSPS) is 11.0. The van der Waals surface area contributed by atoms with Crippen molar-refractivity contribution in [2.75, 3.05) is 11.1 Å². The van der Waals surface area contributed by atoms with Gasteiger partial charge >= 0.3 is 0 Å². The summed E-state index contributed by atoms with van der Waals surface area (Å²) in [5.74, 6) is -0.142. The van der Waals surface area contributed by atoms with Gasteiger partial charge in [0.25, 0.3) is 5.56 Å². The summed E-state index contributed by atoms with van der Waals surface area (Å²) < 4.78 is 2.05. The van der Waals surface area contributed by atoms with E-state index in [4.69, 9.17) is 23.2 Å². The van der Waals surface area contributed by atoms with Crippen molar-refractivity contribution in [1.82, 2.24) is 9.55 Å². The Balaban J connectivity index is 1.65. The third-order valence-electron chi connectivity index (χ3n) is 4.32. The average molecular weight is 476 g/mol. The van der Waals surface area contributed by atoms with Gasteiger partial charge in [0.05, 0.1) is 17.0 Å². The van der Waals surface area contributed by atoms with Crippen LogP contribution in [0, 0.1) is 6.92 Å². The highest BCUT2D eigenvalue weighted by atomic mass is 35.5. The first-order valence-electron chi connectivity index (χ1n) is 8.87. The maximum Gasteiger partial charge on any atom is 0.276 e. The van der Waals surface area contributed by atoms with Crippen LogP contribution in [0.4, 0.5) is 5.69 Å². The summed E-state index contributed by atoms with van der Waals surface area (Å²) in [6.07, 6.45) is 0. The molecule has 0 spiro atoms. The molecule has 5 nitrogen and oxygen atoms in total. The molecular weight excluding hydrogens is 461 g/mol. The van der Waals surface area contributed by atoms with Crippen molar-refractivity contribution in [3.63, 3.8) is 0 Å². The summed E-state index contributed by atoms with van der Waals surface area (Å²) in [4.78, 5) is 30.2. The molecule has 30 heavy (non-hydrogen) atoms. The predicted octanol–water partition coefficient (Wildman–Crippen LogP) is 5.79. The smallest absolute Gasteiger partial charge is 0.276 e. The van der Waals surface area contributed by atoms with Gasteiger partial charge in [-0.1, -0.05) is 47.1 Å². The van der Waals surface area contributed by atoms with Crippen LogP contribution in [0.5, 0.6) is 0 Å². The minimum Gasteiger partial charge on any atom is -0.325 e. The number of benzene rings is 2. The summed E-state index contributed by atoms with van der Waals surface area (Å²) in [7, 11) is 0. The lowest BCUT2D eigenvalue weighted by molar-refractivity contribution is -0.113. The summed E-state index contributed by atoms with van der Waals surface area (Å²) in [5.41, 5.74) is 2.58. The van der Waals surface area contributed by atoms with E-state index < -0.39 is 0 Å². The van der Waals surface area contributed by atoms with Crippen LogP contribution in [0.25, 0.3) is 15.9 Å². The van der Waals surface area contributed by atoms with Crippen LogP contribution in [0.2, 0.25) is 10.0 Å². The van der Waals surface area contributed by atoms with Crippen LogP contribution in [-0.4, -0.2) is 21.2 Å². The van der Waals surface area contributed by atoms with Gasteiger partial charge in [0.15, 0.2) is 5.16 Å². The number of nitrogens with zero attached hydrogens (tertiary/aromatic N) is 2. The second kappa shape index (κ2) is 8.81. The number of anilines is 1. The number of thioether (sulfide) groups is 1. The number of thiophene rings is 1. The molecule has 2 aromatic carbocycles. The summed E-state index contributed by atoms with van der Waals surface area (Å²) in [6, 6.07) is 14.1. The number of carbonyl (C=O) groups is 1. The van der Waals surface area contributed by atoms with Crippen molar-refractivity contribution in [3.8, 4) is 5.69 Å². The molecule has 1 amide bonds. The number of fused-ring (bicyclic) bond motifs is 1. The Morgan fingerprint density at radius 1 is 1.17 bits per heavy atom. The van der Waals surface area contributed by atoms with Gasteiger partial charge in [0, 0.05) is 15.7 Å². The molecule has 0 aliphatic heterocycles. The number of nitrogens with one attached hydrogen (secondary N) is 1. The fourth-order valence-corrected chi connectivity index (χ4v) is 4.81. The zero-order valence-electron chi connectivity index (χ0n) is 15.7. The first-order valence-corrected chi connectivity index (χ1v) is 11.5. The Morgan fingerprint density at radius 2 is 1.97 bits per heavy atom. The fraction of sp³-hybridized carbons (Fsp3) is 0.0952. The molecule has 9 heteroatoms. The largest absolute Gasteiger partial charge is 0.325 e. The van der Waals surface area contributed by atoms with E-state index in [1.807, 2.05) is 18.4 Å². The van der Waals surface area contributed by atoms with Crippen LogP contribution in [-0.2, 0) is 4.79 Å². The second-order valence-electron chi connectivity index (χ2n) is 6.45. The highest BCUT2D eigenvalue weighted by Crippen LogP contribution is 2.26. The van der Waals surface area contributed by atoms with Gasteiger partial charge in [-0.2, -0.15) is 0 Å². The maximum absolute atomic E-state index is 13.1. The van der Waals surface area contributed by atoms with Crippen LogP contribution >= 0.6 is 46.3 Å². The van der Waals surface area contributed by atoms with Gasteiger partial charge in [-0.05, 0) is 54.3 Å². The van der Waals surface area contributed by atoms with Crippen LogP contribution < -0.4 is 10.9 Å². The molecular formula is C21H15Cl2N3O2S2. The summed E-state index contributed by atoms with van der Waals surface area (Å²) >= 11 is 14.7. The first-order chi connectivity index (χ1) is 14.4. The van der Waals surface area contributed by atoms with Crippen molar-refractivity contribution in [2.45, 2.75) is 12.1 Å². The number of carbonyl (C=O) groups excluding carboxylic acids is 1. The highest BCUT2D eigenvalue weighted by Gasteiger charge is 2.16. The Bertz CT molecular complexity index is 1320. The molecule has 0 aliphatic rings. The lowest BCUT2D eigenvalue weighted by atomic mass is 10.2. The molecule has 0 saturated heterocycles. The third-order valence-corrected chi connectivity index (χ3v) is 6.62. The predicted molar refractivity (Wildman–Crippen MR) is 126 cm³/mol. The molecule has 152 valence electrons. The molecule has 2 heterocycles. The van der Waals surface area contributed by atoms with Crippen LogP contribution in [0.15, 0.2) is 63.9 Å². The van der Waals surface area contributed by atoms with Crippen molar-refractivity contribution in [3.05, 3.63) is 79.9 Å². The standard InChI is InChI=1S/C21H15Cl2N3O2S2/c1-12-5-6-14(23)10-17(12)24-18(27)11-30-21-25-16-7-8-29-19(16)20(28)26(21)15-4-2-3-13(22)9-15/h2-10H,11H2,1H3,(H,24,27). The van der Waals surface area contributed by atoms with Gasteiger partial charge in [-0.25, -0.2) is 4.98 Å². The molecule has 4 aromatic rings. The zero-order valence-corrected chi connectivity index (χ0v) is 18.8. The second-order valence-corrected chi connectivity index (χ2v) is 9.18. The molecule has 0 radical (unpaired) electrons. The molecule has 0 bridgehead atoms. The quantitative estimate of drug-likeness (QED) is 0.292. The summed E-state index contributed by atoms with van der Waals surface area (Å²) in [5, 5.41) is 6.16. The molecule has 1 N–H and O–H groups in total. The molecule has 0 fully saturated rings. The molecule has 0 unspecified atom stereocenters. The SMILES string of the molecule is Cc1ccc(Cl)cc1NC(=O)CSc1nc2ccsc2c(=O)n1-c1cccc(Cl)c1. The average Bonchev–Trinajstić information content (AvgIpc) is 3.18. The number of rotatable bonds is 5. The number of aryl methyl sites for hydroxylation is 1. The Kier molecular flexibility index (Phi) is 6.15. The van der Waals surface area contributed by atoms with Gasteiger partial charge in [-0.15, -0.1) is 11.3 Å². The molecule has 2 aromatic heterocycles. The topological polar surface area (TPSA) is 64.0 Å². The Labute approximate surface area is 190 Å². The van der Waals surface area contributed by atoms with Gasteiger partial charge < -0.3 is 5.32 Å². The molecule has 0 aliphatic carbocycles. The van der Waals surface area contributed by atoms with E-state index in [0.29, 0.717) is 36.8 Å². The van der Waals surface area contributed by atoms with E-state index in [1.165, 1.54) is 27.7 Å². The van der Waals surface area contributed by atoms with Crippen molar-refractivity contribution in [2.24, 2.45) is 0 Å². The minimum atomic E-state index is -0.220. The van der Waals surface area contributed by atoms with Crippen molar-refractivity contribution >= 4 is 68.1 Å². The van der Waals surface area contributed by atoms with E-state index in [1.54, 1.807) is 42.5 Å². The van der Waals surface area contributed by atoms with Crippen LogP contribution in [0.1, 0.15) is 5.56 Å². The molecule has 0 atom stereocenters. The van der Waals surface area contributed by atoms with E-state index >= 15 is 0 Å². The van der Waals surface area contributed by atoms with E-state index in [-0.39, 0.29) is 17.2 Å². The zero-order chi connectivity index (χ0) is 21.3. The first kappa shape index (κ1) is 20.9. The van der Waals surface area contributed by atoms with E-state index in [9.17, 15) is 9.59 Å². The van der Waals surface area contributed by atoms with Gasteiger partial charge in [0.2, 0.25) is 5.91 Å². The summed E-state index contributed by atoms with van der Waals surface area (Å²) in [6.45, 7) is 1.89. The number of hydrogen-bond acceptors (Lipinski definition) is 5. The Hall–Kier alpha value is -2.32. The van der Waals surface area contributed by atoms with E-state index in [0.717, 1.165) is 5.56 Å². The maximum atomic E-state index is 13.1. The lowest BCUT2D eigenvalue weighted by Crippen LogP contribution is -2.22.